The maximum atomic E-state index is 13.5. The molecule has 0 bridgehead atoms. The SMILES string of the molecule is CC[C@@H]1Oc2ccc(NC(=O)c3cccc(F)c3)cc2CN(Cc2cccc(C(F)(F)F)c2)C1=O. The second-order valence-corrected chi connectivity index (χ2v) is 8.19. The van der Waals surface area contributed by atoms with E-state index < -0.39 is 29.6 Å². The van der Waals surface area contributed by atoms with Gasteiger partial charge >= 0.3 is 6.18 Å². The summed E-state index contributed by atoms with van der Waals surface area (Å²) in [5.74, 6) is -0.948. The molecule has 35 heavy (non-hydrogen) atoms. The average Bonchev–Trinajstić information content (AvgIpc) is 2.94. The Bertz CT molecular complexity index is 1260. The van der Waals surface area contributed by atoms with E-state index in [0.717, 1.165) is 18.2 Å². The molecule has 5 nitrogen and oxygen atoms in total. The third-order valence-electron chi connectivity index (χ3n) is 5.62. The fourth-order valence-electron chi connectivity index (χ4n) is 3.88. The molecule has 0 aromatic heterocycles. The number of hydrogen-bond acceptors (Lipinski definition) is 3. The quantitative estimate of drug-likeness (QED) is 0.464. The Hall–Kier alpha value is -3.88. The van der Waals surface area contributed by atoms with E-state index in [-0.39, 0.29) is 24.6 Å². The van der Waals surface area contributed by atoms with Gasteiger partial charge in [0.2, 0.25) is 0 Å². The van der Waals surface area contributed by atoms with E-state index in [1.807, 2.05) is 0 Å². The molecule has 1 aliphatic rings. The van der Waals surface area contributed by atoms with Crippen molar-refractivity contribution in [2.24, 2.45) is 0 Å². The van der Waals surface area contributed by atoms with Gasteiger partial charge in [-0.3, -0.25) is 9.59 Å². The number of alkyl halides is 3. The minimum atomic E-state index is -4.49. The lowest BCUT2D eigenvalue weighted by Crippen LogP contribution is -2.38. The number of carbonyl (C=O) groups excluding carboxylic acids is 2. The van der Waals surface area contributed by atoms with Gasteiger partial charge in [-0.2, -0.15) is 13.2 Å². The molecule has 0 radical (unpaired) electrons. The number of fused-ring (bicyclic) bond motifs is 1. The van der Waals surface area contributed by atoms with Gasteiger partial charge in [-0.25, -0.2) is 4.39 Å². The monoisotopic (exact) mass is 486 g/mol. The van der Waals surface area contributed by atoms with Gasteiger partial charge < -0.3 is 15.0 Å². The van der Waals surface area contributed by atoms with E-state index >= 15 is 0 Å². The third-order valence-corrected chi connectivity index (χ3v) is 5.62. The van der Waals surface area contributed by atoms with Crippen LogP contribution in [0.4, 0.5) is 23.2 Å². The number of benzene rings is 3. The molecule has 2 amide bonds. The van der Waals surface area contributed by atoms with Crippen LogP contribution >= 0.6 is 0 Å². The number of rotatable bonds is 5. The Morgan fingerprint density at radius 3 is 2.57 bits per heavy atom. The van der Waals surface area contributed by atoms with Crippen molar-refractivity contribution in [1.29, 1.82) is 0 Å². The predicted octanol–water partition coefficient (Wildman–Crippen LogP) is 5.80. The number of nitrogens with one attached hydrogen (secondary N) is 1. The van der Waals surface area contributed by atoms with Crippen LogP contribution in [-0.2, 0) is 24.1 Å². The third kappa shape index (κ3) is 5.62. The van der Waals surface area contributed by atoms with E-state index in [4.69, 9.17) is 4.74 Å². The first-order valence-electron chi connectivity index (χ1n) is 11.0. The molecular formula is C26H22F4N2O3. The second-order valence-electron chi connectivity index (χ2n) is 8.19. The van der Waals surface area contributed by atoms with Crippen molar-refractivity contribution in [2.45, 2.75) is 38.7 Å². The van der Waals surface area contributed by atoms with Gasteiger partial charge in [0, 0.05) is 29.9 Å². The Morgan fingerprint density at radius 2 is 1.86 bits per heavy atom. The highest BCUT2D eigenvalue weighted by molar-refractivity contribution is 6.04. The molecule has 0 saturated heterocycles. The van der Waals surface area contributed by atoms with E-state index in [0.29, 0.717) is 29.0 Å². The highest BCUT2D eigenvalue weighted by atomic mass is 19.4. The van der Waals surface area contributed by atoms with Crippen LogP contribution in [0, 0.1) is 5.82 Å². The number of amides is 2. The predicted molar refractivity (Wildman–Crippen MR) is 121 cm³/mol. The van der Waals surface area contributed by atoms with Gasteiger partial charge in [-0.05, 0) is 60.5 Å². The van der Waals surface area contributed by atoms with Crippen molar-refractivity contribution in [2.75, 3.05) is 5.32 Å². The Morgan fingerprint density at radius 1 is 1.09 bits per heavy atom. The highest BCUT2D eigenvalue weighted by Gasteiger charge is 2.32. The van der Waals surface area contributed by atoms with E-state index in [2.05, 4.69) is 5.32 Å². The summed E-state index contributed by atoms with van der Waals surface area (Å²) >= 11 is 0. The molecule has 0 aliphatic carbocycles. The lowest BCUT2D eigenvalue weighted by atomic mass is 10.1. The molecular weight excluding hydrogens is 464 g/mol. The number of anilines is 1. The lowest BCUT2D eigenvalue weighted by Gasteiger charge is -2.23. The first-order chi connectivity index (χ1) is 16.6. The summed E-state index contributed by atoms with van der Waals surface area (Å²) in [7, 11) is 0. The maximum absolute atomic E-state index is 13.5. The molecule has 3 aromatic rings. The minimum Gasteiger partial charge on any atom is -0.480 e. The zero-order chi connectivity index (χ0) is 25.2. The Balaban J connectivity index is 1.60. The first kappa shape index (κ1) is 24.3. The fraction of sp³-hybridized carbons (Fsp3) is 0.231. The van der Waals surface area contributed by atoms with Crippen molar-refractivity contribution in [3.05, 3.63) is 94.8 Å². The molecule has 1 aliphatic heterocycles. The summed E-state index contributed by atoms with van der Waals surface area (Å²) in [6, 6.07) is 15.0. The van der Waals surface area contributed by atoms with Crippen LogP contribution < -0.4 is 10.1 Å². The molecule has 0 unspecified atom stereocenters. The summed E-state index contributed by atoms with van der Waals surface area (Å²) in [5, 5.41) is 2.69. The number of ether oxygens (including phenoxy) is 1. The minimum absolute atomic E-state index is 0.0397. The number of hydrogen-bond donors (Lipinski definition) is 1. The molecule has 9 heteroatoms. The summed E-state index contributed by atoms with van der Waals surface area (Å²) < 4.78 is 58.8. The molecule has 0 fully saturated rings. The first-order valence-corrected chi connectivity index (χ1v) is 11.0. The van der Waals surface area contributed by atoms with E-state index in [9.17, 15) is 27.2 Å². The summed E-state index contributed by atoms with van der Waals surface area (Å²) in [6.07, 6.45) is -4.92. The molecule has 1 N–H and O–H groups in total. The molecule has 1 heterocycles. The van der Waals surface area contributed by atoms with Crippen LogP contribution in [0.3, 0.4) is 0 Å². The topological polar surface area (TPSA) is 58.6 Å². The standard InChI is InChI=1S/C26H22F4N2O3/c1-2-22-25(34)32(14-16-5-3-7-19(11-16)26(28,29)30)15-18-13-21(9-10-23(18)35-22)31-24(33)17-6-4-8-20(27)12-17/h3-13,22H,2,14-15H2,1H3,(H,31,33)/t22-/m0/s1. The molecule has 182 valence electrons. The van der Waals surface area contributed by atoms with Crippen LogP contribution in [0.2, 0.25) is 0 Å². The van der Waals surface area contributed by atoms with Crippen LogP contribution in [0.5, 0.6) is 5.75 Å². The zero-order valence-corrected chi connectivity index (χ0v) is 18.7. The Kier molecular flexibility index (Phi) is 6.77. The van der Waals surface area contributed by atoms with Crippen molar-refractivity contribution in [3.63, 3.8) is 0 Å². The van der Waals surface area contributed by atoms with Crippen LogP contribution in [0.1, 0.15) is 40.4 Å². The zero-order valence-electron chi connectivity index (χ0n) is 18.7. The van der Waals surface area contributed by atoms with Gasteiger partial charge in [-0.1, -0.05) is 25.1 Å². The summed E-state index contributed by atoms with van der Waals surface area (Å²) in [6.45, 7) is 1.82. The Labute approximate surface area is 199 Å². The maximum Gasteiger partial charge on any atom is 0.416 e. The molecule has 4 rings (SSSR count). The van der Waals surface area contributed by atoms with Crippen LogP contribution in [-0.4, -0.2) is 22.8 Å². The summed E-state index contributed by atoms with van der Waals surface area (Å²) in [5.41, 5.74) is 0.676. The van der Waals surface area contributed by atoms with Crippen molar-refractivity contribution in [3.8, 4) is 5.75 Å². The van der Waals surface area contributed by atoms with Gasteiger partial charge in [0.1, 0.15) is 11.6 Å². The van der Waals surface area contributed by atoms with Gasteiger partial charge in [0.25, 0.3) is 11.8 Å². The number of halogens is 4. The molecule has 0 saturated carbocycles. The van der Waals surface area contributed by atoms with Crippen molar-refractivity contribution < 1.29 is 31.9 Å². The van der Waals surface area contributed by atoms with Crippen molar-refractivity contribution in [1.82, 2.24) is 4.90 Å². The van der Waals surface area contributed by atoms with Crippen LogP contribution in [0.25, 0.3) is 0 Å². The highest BCUT2D eigenvalue weighted by Crippen LogP contribution is 2.32. The van der Waals surface area contributed by atoms with Crippen LogP contribution in [0.15, 0.2) is 66.7 Å². The van der Waals surface area contributed by atoms with E-state index in [1.54, 1.807) is 25.1 Å². The van der Waals surface area contributed by atoms with Gasteiger partial charge in [-0.15, -0.1) is 0 Å². The molecule has 1 atom stereocenters. The fourth-order valence-corrected chi connectivity index (χ4v) is 3.88. The number of carbonyl (C=O) groups is 2. The number of nitrogens with zero attached hydrogens (tertiary/aromatic N) is 1. The smallest absolute Gasteiger partial charge is 0.416 e. The average molecular weight is 486 g/mol. The summed E-state index contributed by atoms with van der Waals surface area (Å²) in [4.78, 5) is 27.0. The van der Waals surface area contributed by atoms with Gasteiger partial charge in [0.15, 0.2) is 6.10 Å². The largest absolute Gasteiger partial charge is 0.480 e. The normalized spacial score (nSPS) is 15.7. The lowest BCUT2D eigenvalue weighted by molar-refractivity contribution is -0.139. The molecule has 0 spiro atoms. The van der Waals surface area contributed by atoms with Crippen molar-refractivity contribution >= 4 is 17.5 Å². The van der Waals surface area contributed by atoms with Gasteiger partial charge in [0.05, 0.1) is 5.56 Å². The molecule has 3 aromatic carbocycles. The second kappa shape index (κ2) is 9.77. The van der Waals surface area contributed by atoms with E-state index in [1.165, 1.54) is 35.2 Å².